The number of rotatable bonds is 4. The fraction of sp³-hybridized carbons (Fsp3) is 0.700. The van der Waals surface area contributed by atoms with Gasteiger partial charge in [-0.15, -0.1) is 4.99 Å². The van der Waals surface area contributed by atoms with Gasteiger partial charge in [0.15, 0.2) is 0 Å². The van der Waals surface area contributed by atoms with Crippen molar-refractivity contribution in [1.29, 1.82) is 0 Å². The summed E-state index contributed by atoms with van der Waals surface area (Å²) in [7, 11) is 1.80. The third-order valence-electron chi connectivity index (χ3n) is 2.31. The van der Waals surface area contributed by atoms with Gasteiger partial charge in [-0.1, -0.05) is 13.5 Å². The summed E-state index contributed by atoms with van der Waals surface area (Å²) in [6.07, 6.45) is 1.43. The van der Waals surface area contributed by atoms with E-state index in [9.17, 15) is 4.79 Å². The van der Waals surface area contributed by atoms with Gasteiger partial charge < -0.3 is 5.32 Å². The molecule has 5 heteroatoms. The molecule has 1 amide bonds. The molecule has 1 fully saturated rings. The molecule has 0 aromatic heterocycles. The standard InChI is InChI=1S/C10H18N2O3/c1-4-8(2)10(13)11-7-9-5-6-12(3)15-14-9/h9H,2,4-7H2,1,3H3,(H,11,13). The molecule has 0 aliphatic carbocycles. The van der Waals surface area contributed by atoms with Gasteiger partial charge in [0.1, 0.15) is 6.10 Å². The minimum Gasteiger partial charge on any atom is -0.350 e. The zero-order chi connectivity index (χ0) is 11.3. The molecule has 0 aromatic carbocycles. The smallest absolute Gasteiger partial charge is 0.246 e. The molecule has 86 valence electrons. The summed E-state index contributed by atoms with van der Waals surface area (Å²) in [5, 5.41) is 4.37. The molecule has 0 saturated carbocycles. The van der Waals surface area contributed by atoms with E-state index in [1.54, 1.807) is 12.1 Å². The highest BCUT2D eigenvalue weighted by molar-refractivity contribution is 5.92. The van der Waals surface area contributed by atoms with E-state index in [0.717, 1.165) is 13.0 Å². The minimum atomic E-state index is -0.111. The molecule has 1 unspecified atom stereocenters. The molecule has 1 atom stereocenters. The Hall–Kier alpha value is -0.910. The zero-order valence-corrected chi connectivity index (χ0v) is 9.28. The first-order valence-corrected chi connectivity index (χ1v) is 5.14. The van der Waals surface area contributed by atoms with Gasteiger partial charge in [-0.2, -0.15) is 5.06 Å². The average Bonchev–Trinajstić information content (AvgIpc) is 2.26. The van der Waals surface area contributed by atoms with Gasteiger partial charge in [-0.25, -0.2) is 4.89 Å². The van der Waals surface area contributed by atoms with Crippen LogP contribution in [0.5, 0.6) is 0 Å². The van der Waals surface area contributed by atoms with Crippen molar-refractivity contribution in [2.24, 2.45) is 0 Å². The van der Waals surface area contributed by atoms with Crippen LogP contribution in [0.4, 0.5) is 0 Å². The van der Waals surface area contributed by atoms with Crippen molar-refractivity contribution in [3.05, 3.63) is 12.2 Å². The summed E-state index contributed by atoms with van der Waals surface area (Å²) in [6, 6.07) is 0. The summed E-state index contributed by atoms with van der Waals surface area (Å²) in [6.45, 7) is 6.82. The van der Waals surface area contributed by atoms with Gasteiger partial charge in [-0.3, -0.25) is 4.79 Å². The van der Waals surface area contributed by atoms with Gasteiger partial charge in [-0.05, 0) is 12.8 Å². The summed E-state index contributed by atoms with van der Waals surface area (Å²) < 4.78 is 0. The van der Waals surface area contributed by atoms with Crippen LogP contribution < -0.4 is 5.32 Å². The molecule has 15 heavy (non-hydrogen) atoms. The summed E-state index contributed by atoms with van der Waals surface area (Å²) >= 11 is 0. The number of hydrogen-bond acceptors (Lipinski definition) is 4. The molecule has 0 spiro atoms. The van der Waals surface area contributed by atoms with Crippen LogP contribution in [0.1, 0.15) is 19.8 Å². The molecule has 1 saturated heterocycles. The van der Waals surface area contributed by atoms with E-state index in [1.165, 1.54) is 0 Å². The minimum absolute atomic E-state index is 0.0743. The maximum Gasteiger partial charge on any atom is 0.246 e. The number of amides is 1. The van der Waals surface area contributed by atoms with Gasteiger partial charge in [0.05, 0.1) is 0 Å². The second-order valence-electron chi connectivity index (χ2n) is 3.60. The third-order valence-corrected chi connectivity index (χ3v) is 2.31. The van der Waals surface area contributed by atoms with Crippen molar-refractivity contribution < 1.29 is 14.7 Å². The van der Waals surface area contributed by atoms with Crippen LogP contribution in [0.15, 0.2) is 12.2 Å². The molecule has 5 nitrogen and oxygen atoms in total. The van der Waals surface area contributed by atoms with E-state index in [2.05, 4.69) is 11.9 Å². The molecule has 0 bridgehead atoms. The van der Waals surface area contributed by atoms with Crippen LogP contribution in [-0.4, -0.2) is 37.2 Å². The first-order valence-electron chi connectivity index (χ1n) is 5.14. The van der Waals surface area contributed by atoms with Crippen molar-refractivity contribution in [3.8, 4) is 0 Å². The molecule has 0 radical (unpaired) electrons. The quantitative estimate of drug-likeness (QED) is 0.551. The van der Waals surface area contributed by atoms with Crippen molar-refractivity contribution in [1.82, 2.24) is 10.4 Å². The lowest BCUT2D eigenvalue weighted by Crippen LogP contribution is -2.40. The van der Waals surface area contributed by atoms with Crippen LogP contribution in [0.2, 0.25) is 0 Å². The first kappa shape index (κ1) is 12.2. The summed E-state index contributed by atoms with van der Waals surface area (Å²) in [5.74, 6) is -0.111. The fourth-order valence-corrected chi connectivity index (χ4v) is 1.17. The highest BCUT2D eigenvalue weighted by Gasteiger charge is 2.19. The maximum atomic E-state index is 11.4. The van der Waals surface area contributed by atoms with E-state index >= 15 is 0 Å². The lowest BCUT2D eigenvalue weighted by molar-refractivity contribution is -0.459. The van der Waals surface area contributed by atoms with Gasteiger partial charge >= 0.3 is 0 Å². The van der Waals surface area contributed by atoms with Crippen LogP contribution >= 0.6 is 0 Å². The van der Waals surface area contributed by atoms with E-state index < -0.39 is 0 Å². The van der Waals surface area contributed by atoms with Crippen molar-refractivity contribution in [2.75, 3.05) is 20.1 Å². The Labute approximate surface area is 89.9 Å². The van der Waals surface area contributed by atoms with Gasteiger partial charge in [0, 0.05) is 25.7 Å². The van der Waals surface area contributed by atoms with Crippen LogP contribution in [0, 0.1) is 0 Å². The second-order valence-corrected chi connectivity index (χ2v) is 3.60. The van der Waals surface area contributed by atoms with Crippen LogP contribution in [0.3, 0.4) is 0 Å². The van der Waals surface area contributed by atoms with Crippen LogP contribution in [-0.2, 0) is 14.7 Å². The van der Waals surface area contributed by atoms with Crippen molar-refractivity contribution in [3.63, 3.8) is 0 Å². The van der Waals surface area contributed by atoms with Crippen molar-refractivity contribution in [2.45, 2.75) is 25.9 Å². The maximum absolute atomic E-state index is 11.4. The lowest BCUT2D eigenvalue weighted by atomic mass is 10.2. The Morgan fingerprint density at radius 2 is 2.40 bits per heavy atom. The lowest BCUT2D eigenvalue weighted by Gasteiger charge is -2.27. The third kappa shape index (κ3) is 3.99. The molecule has 1 heterocycles. The molecular weight excluding hydrogens is 196 g/mol. The Morgan fingerprint density at radius 3 is 2.93 bits per heavy atom. The normalized spacial score (nSPS) is 22.4. The number of nitrogens with zero attached hydrogens (tertiary/aromatic N) is 1. The summed E-state index contributed by atoms with van der Waals surface area (Å²) in [4.78, 5) is 21.3. The number of hydrogen-bond donors (Lipinski definition) is 1. The number of carbonyl (C=O) groups excluding carboxylic acids is 1. The number of nitrogens with one attached hydrogen (secondary N) is 1. The van der Waals surface area contributed by atoms with E-state index in [1.807, 2.05) is 6.92 Å². The van der Waals surface area contributed by atoms with E-state index in [-0.39, 0.29) is 12.0 Å². The zero-order valence-electron chi connectivity index (χ0n) is 9.28. The van der Waals surface area contributed by atoms with Crippen molar-refractivity contribution >= 4 is 5.91 Å². The topological polar surface area (TPSA) is 50.8 Å². The Morgan fingerprint density at radius 1 is 1.67 bits per heavy atom. The molecule has 1 rings (SSSR count). The van der Waals surface area contributed by atoms with Gasteiger partial charge in [0.2, 0.25) is 5.91 Å². The number of carbonyl (C=O) groups is 1. The molecule has 1 aliphatic rings. The van der Waals surface area contributed by atoms with E-state index in [4.69, 9.17) is 9.88 Å². The van der Waals surface area contributed by atoms with Crippen LogP contribution in [0.25, 0.3) is 0 Å². The fourth-order valence-electron chi connectivity index (χ4n) is 1.17. The largest absolute Gasteiger partial charge is 0.350 e. The molecular formula is C10H18N2O3. The Kier molecular flexibility index (Phi) is 4.74. The second kappa shape index (κ2) is 5.85. The molecule has 0 aromatic rings. The molecule has 1 N–H and O–H groups in total. The monoisotopic (exact) mass is 214 g/mol. The highest BCUT2D eigenvalue weighted by atomic mass is 17.3. The highest BCUT2D eigenvalue weighted by Crippen LogP contribution is 2.08. The Bertz CT molecular complexity index is 235. The Balaban J connectivity index is 2.20. The van der Waals surface area contributed by atoms with Gasteiger partial charge in [0.25, 0.3) is 0 Å². The summed E-state index contributed by atoms with van der Waals surface area (Å²) in [5.41, 5.74) is 0.587. The number of hydroxylamine groups is 2. The average molecular weight is 214 g/mol. The first-order chi connectivity index (χ1) is 7.13. The van der Waals surface area contributed by atoms with E-state index in [0.29, 0.717) is 18.5 Å². The predicted molar refractivity (Wildman–Crippen MR) is 55.6 cm³/mol. The SMILES string of the molecule is C=C(CC)C(=O)NCC1CCN(C)OO1. The molecule has 1 aliphatic heterocycles. The predicted octanol–water partition coefficient (Wildman–Crippen LogP) is 0.636.